The van der Waals surface area contributed by atoms with E-state index in [1.54, 1.807) is 0 Å². The van der Waals surface area contributed by atoms with Crippen LogP contribution in [0.15, 0.2) is 24.3 Å². The number of hydrogen-bond donors (Lipinski definition) is 1. The van der Waals surface area contributed by atoms with Gasteiger partial charge in [-0.3, -0.25) is 4.79 Å². The maximum atomic E-state index is 12.7. The van der Waals surface area contributed by atoms with Crippen molar-refractivity contribution in [1.29, 1.82) is 0 Å². The Morgan fingerprint density at radius 1 is 1.37 bits per heavy atom. The second-order valence-electron chi connectivity index (χ2n) is 5.19. The summed E-state index contributed by atoms with van der Waals surface area (Å²) in [7, 11) is 2.10. The van der Waals surface area contributed by atoms with Crippen LogP contribution >= 0.6 is 0 Å². The zero-order valence-electron chi connectivity index (χ0n) is 12.0. The lowest BCUT2D eigenvalue weighted by molar-refractivity contribution is 0.0534. The number of carbonyl (C=O) groups is 1. The fourth-order valence-electron chi connectivity index (χ4n) is 2.61. The Hall–Kier alpha value is -1.55. The molecule has 1 aliphatic rings. The van der Waals surface area contributed by atoms with Gasteiger partial charge in [0.1, 0.15) is 0 Å². The number of carbonyl (C=O) groups excluding carboxylic acids is 1. The Morgan fingerprint density at radius 2 is 2.11 bits per heavy atom. The molecule has 104 valence electrons. The second kappa shape index (κ2) is 6.06. The maximum Gasteiger partial charge on any atom is 0.256 e. The monoisotopic (exact) mass is 261 g/mol. The van der Waals surface area contributed by atoms with Gasteiger partial charge in [-0.1, -0.05) is 12.1 Å². The van der Waals surface area contributed by atoms with Crippen molar-refractivity contribution in [3.8, 4) is 0 Å². The molecule has 0 bridgehead atoms. The van der Waals surface area contributed by atoms with Gasteiger partial charge in [0, 0.05) is 37.9 Å². The molecule has 0 aromatic heterocycles. The molecule has 1 aromatic rings. The average Bonchev–Trinajstić information content (AvgIpc) is 2.39. The number of anilines is 1. The van der Waals surface area contributed by atoms with E-state index >= 15 is 0 Å². The lowest BCUT2D eigenvalue weighted by Gasteiger charge is -2.38. The second-order valence-corrected chi connectivity index (χ2v) is 5.19. The van der Waals surface area contributed by atoms with Crippen LogP contribution in [0.3, 0.4) is 0 Å². The van der Waals surface area contributed by atoms with E-state index in [9.17, 15) is 4.79 Å². The zero-order chi connectivity index (χ0) is 13.8. The molecule has 1 atom stereocenters. The van der Waals surface area contributed by atoms with E-state index in [1.807, 2.05) is 36.1 Å². The molecule has 0 spiro atoms. The van der Waals surface area contributed by atoms with Crippen LogP contribution in [0.25, 0.3) is 0 Å². The van der Waals surface area contributed by atoms with Gasteiger partial charge in [-0.05, 0) is 33.0 Å². The minimum Gasteiger partial charge on any atom is -0.385 e. The van der Waals surface area contributed by atoms with Gasteiger partial charge in [-0.25, -0.2) is 0 Å². The van der Waals surface area contributed by atoms with E-state index in [4.69, 9.17) is 0 Å². The summed E-state index contributed by atoms with van der Waals surface area (Å²) in [6.45, 7) is 7.66. The van der Waals surface area contributed by atoms with Gasteiger partial charge < -0.3 is 15.1 Å². The summed E-state index contributed by atoms with van der Waals surface area (Å²) in [6, 6.07) is 8.03. The van der Waals surface area contributed by atoms with Crippen LogP contribution in [-0.2, 0) is 0 Å². The first-order chi connectivity index (χ1) is 9.13. The predicted octanol–water partition coefficient (Wildman–Crippen LogP) is 1.89. The summed E-state index contributed by atoms with van der Waals surface area (Å²) in [5, 5.41) is 3.26. The highest BCUT2D eigenvalue weighted by Gasteiger charge is 2.27. The molecule has 4 heteroatoms. The van der Waals surface area contributed by atoms with E-state index in [-0.39, 0.29) is 11.9 Å². The number of para-hydroxylation sites is 1. The van der Waals surface area contributed by atoms with Crippen molar-refractivity contribution < 1.29 is 4.79 Å². The number of benzene rings is 1. The number of piperazine rings is 1. The number of hydrogen-bond acceptors (Lipinski definition) is 3. The van der Waals surface area contributed by atoms with Gasteiger partial charge in [0.25, 0.3) is 5.91 Å². The molecule has 2 rings (SSSR count). The summed E-state index contributed by atoms with van der Waals surface area (Å²) in [6.07, 6.45) is 0. The molecule has 19 heavy (non-hydrogen) atoms. The van der Waals surface area contributed by atoms with Crippen molar-refractivity contribution in [2.75, 3.05) is 38.5 Å². The molecular formula is C15H23N3O. The normalized spacial score (nSPS) is 20.4. The summed E-state index contributed by atoms with van der Waals surface area (Å²) in [5.41, 5.74) is 1.71. The third-order valence-electron chi connectivity index (χ3n) is 3.62. The molecule has 1 N–H and O–H groups in total. The number of rotatable bonds is 3. The summed E-state index contributed by atoms with van der Waals surface area (Å²) in [5.74, 6) is 0.136. The topological polar surface area (TPSA) is 35.6 Å². The Morgan fingerprint density at radius 3 is 2.79 bits per heavy atom. The number of nitrogens with one attached hydrogen (secondary N) is 1. The van der Waals surface area contributed by atoms with Crippen LogP contribution in [0.4, 0.5) is 5.69 Å². The van der Waals surface area contributed by atoms with Gasteiger partial charge in [-0.2, -0.15) is 0 Å². The highest BCUT2D eigenvalue weighted by atomic mass is 16.2. The zero-order valence-corrected chi connectivity index (χ0v) is 12.0. The van der Waals surface area contributed by atoms with Gasteiger partial charge in [0.05, 0.1) is 5.56 Å². The van der Waals surface area contributed by atoms with Crippen LogP contribution in [0.2, 0.25) is 0 Å². The number of nitrogens with zero attached hydrogens (tertiary/aromatic N) is 2. The Bertz CT molecular complexity index is 447. The van der Waals surface area contributed by atoms with E-state index in [1.165, 1.54) is 0 Å². The fourth-order valence-corrected chi connectivity index (χ4v) is 2.61. The lowest BCUT2D eigenvalue weighted by Crippen LogP contribution is -2.52. The van der Waals surface area contributed by atoms with Crippen LogP contribution in [-0.4, -0.2) is 55.0 Å². The number of likely N-dealkylation sites (N-methyl/N-ethyl adjacent to an activating group) is 1. The molecular weight excluding hydrogens is 238 g/mol. The third kappa shape index (κ3) is 3.07. The molecule has 0 saturated carbocycles. The summed E-state index contributed by atoms with van der Waals surface area (Å²) in [4.78, 5) is 16.9. The van der Waals surface area contributed by atoms with Gasteiger partial charge >= 0.3 is 0 Å². The van der Waals surface area contributed by atoms with Gasteiger partial charge in [0.2, 0.25) is 0 Å². The van der Waals surface area contributed by atoms with Crippen LogP contribution in [0.5, 0.6) is 0 Å². The molecule has 1 aliphatic heterocycles. The Labute approximate surface area is 115 Å². The summed E-state index contributed by atoms with van der Waals surface area (Å²) < 4.78 is 0. The van der Waals surface area contributed by atoms with Crippen molar-refractivity contribution >= 4 is 11.6 Å². The lowest BCUT2D eigenvalue weighted by atomic mass is 10.1. The first kappa shape index (κ1) is 13.9. The van der Waals surface area contributed by atoms with E-state index in [2.05, 4.69) is 24.2 Å². The van der Waals surface area contributed by atoms with Crippen molar-refractivity contribution in [2.24, 2.45) is 0 Å². The predicted molar refractivity (Wildman–Crippen MR) is 78.6 cm³/mol. The molecule has 1 heterocycles. The van der Waals surface area contributed by atoms with E-state index in [0.29, 0.717) is 0 Å². The Kier molecular flexibility index (Phi) is 4.43. The van der Waals surface area contributed by atoms with E-state index < -0.39 is 0 Å². The first-order valence-electron chi connectivity index (χ1n) is 6.96. The minimum atomic E-state index is 0.136. The maximum absolute atomic E-state index is 12.7. The first-order valence-corrected chi connectivity index (χ1v) is 6.96. The molecule has 0 aliphatic carbocycles. The molecule has 1 aromatic carbocycles. The molecule has 1 fully saturated rings. The number of amides is 1. The van der Waals surface area contributed by atoms with Crippen molar-refractivity contribution in [2.45, 2.75) is 19.9 Å². The SMILES string of the molecule is CCNc1ccccc1C(=O)N1CCN(C)CC1C. The highest BCUT2D eigenvalue weighted by Crippen LogP contribution is 2.20. The van der Waals surface area contributed by atoms with E-state index in [0.717, 1.165) is 37.4 Å². The van der Waals surface area contributed by atoms with Crippen LogP contribution < -0.4 is 5.32 Å². The summed E-state index contributed by atoms with van der Waals surface area (Å²) >= 11 is 0. The molecule has 0 radical (unpaired) electrons. The molecule has 4 nitrogen and oxygen atoms in total. The molecule has 1 unspecified atom stereocenters. The van der Waals surface area contributed by atoms with Crippen LogP contribution in [0.1, 0.15) is 24.2 Å². The molecule has 1 amide bonds. The Balaban J connectivity index is 2.19. The quantitative estimate of drug-likeness (QED) is 0.902. The van der Waals surface area contributed by atoms with Gasteiger partial charge in [-0.15, -0.1) is 0 Å². The van der Waals surface area contributed by atoms with Crippen molar-refractivity contribution in [3.63, 3.8) is 0 Å². The smallest absolute Gasteiger partial charge is 0.256 e. The third-order valence-corrected chi connectivity index (χ3v) is 3.62. The molecule has 1 saturated heterocycles. The highest BCUT2D eigenvalue weighted by molar-refractivity contribution is 5.99. The van der Waals surface area contributed by atoms with Crippen molar-refractivity contribution in [3.05, 3.63) is 29.8 Å². The van der Waals surface area contributed by atoms with Gasteiger partial charge in [0.15, 0.2) is 0 Å². The average molecular weight is 261 g/mol. The van der Waals surface area contributed by atoms with Crippen LogP contribution in [0, 0.1) is 0 Å². The van der Waals surface area contributed by atoms with Crippen molar-refractivity contribution in [1.82, 2.24) is 9.80 Å². The fraction of sp³-hybridized carbons (Fsp3) is 0.533. The largest absolute Gasteiger partial charge is 0.385 e. The standard InChI is InChI=1S/C15H23N3O/c1-4-16-14-8-6-5-7-13(14)15(19)18-10-9-17(3)11-12(18)2/h5-8,12,16H,4,9-11H2,1-3H3. The minimum absolute atomic E-state index is 0.136.